The maximum Gasteiger partial charge on any atom is 0.256 e. The molecule has 0 aliphatic heterocycles. The Morgan fingerprint density at radius 2 is 1.65 bits per heavy atom. The van der Waals surface area contributed by atoms with E-state index in [1.165, 1.54) is 0 Å². The van der Waals surface area contributed by atoms with Crippen LogP contribution in [-0.4, -0.2) is 40.4 Å². The second-order valence-corrected chi connectivity index (χ2v) is 8.36. The molecule has 0 bridgehead atoms. The largest absolute Gasteiger partial charge is 0.493 e. The Kier molecular flexibility index (Phi) is 6.38. The molecule has 37 heavy (non-hydrogen) atoms. The highest BCUT2D eigenvalue weighted by molar-refractivity contribution is 6.13. The van der Waals surface area contributed by atoms with Crippen LogP contribution in [0, 0.1) is 0 Å². The lowest BCUT2D eigenvalue weighted by atomic mass is 10.0. The fraction of sp³-hybridized carbons (Fsp3) is 0.103. The van der Waals surface area contributed by atoms with Crippen molar-refractivity contribution in [2.75, 3.05) is 19.5 Å². The summed E-state index contributed by atoms with van der Waals surface area (Å²) in [5.41, 5.74) is 3.63. The van der Waals surface area contributed by atoms with E-state index in [1.54, 1.807) is 74.6 Å². The number of carbonyl (C=O) groups is 2. The molecule has 0 aliphatic carbocycles. The van der Waals surface area contributed by atoms with E-state index < -0.39 is 0 Å². The Morgan fingerprint density at radius 1 is 0.892 bits per heavy atom. The third-order valence-corrected chi connectivity index (χ3v) is 6.07. The number of aromatic nitrogens is 3. The molecule has 1 N–H and O–H groups in total. The minimum atomic E-state index is -0.288. The van der Waals surface area contributed by atoms with Gasteiger partial charge in [-0.3, -0.25) is 9.59 Å². The van der Waals surface area contributed by atoms with Crippen LogP contribution in [0.15, 0.2) is 85.2 Å². The summed E-state index contributed by atoms with van der Waals surface area (Å²) in [4.78, 5) is 35.0. The number of methoxy groups -OCH3 is 2. The standard InChI is InChI=1S/C29H24N4O4/c1-33-15-14-30-28(33)27(34)18-8-11-20(12-9-18)31-29(35)22-17-24(32-23-7-5-4-6-21(22)23)19-10-13-25(36-2)26(16-19)37-3/h4-17H,1-3H3,(H,31,35). The zero-order chi connectivity index (χ0) is 25.9. The maximum atomic E-state index is 13.4. The number of hydrogen-bond donors (Lipinski definition) is 1. The quantitative estimate of drug-likeness (QED) is 0.316. The number of imidazole rings is 1. The lowest BCUT2D eigenvalue weighted by Gasteiger charge is -2.13. The molecule has 8 nitrogen and oxygen atoms in total. The molecule has 0 aliphatic rings. The van der Waals surface area contributed by atoms with Gasteiger partial charge in [0.15, 0.2) is 17.3 Å². The molecule has 0 fully saturated rings. The molecule has 2 aromatic heterocycles. The Bertz CT molecular complexity index is 1620. The molecule has 0 radical (unpaired) electrons. The Labute approximate surface area is 213 Å². The van der Waals surface area contributed by atoms with Crippen LogP contribution in [0.4, 0.5) is 5.69 Å². The minimum Gasteiger partial charge on any atom is -0.493 e. The van der Waals surface area contributed by atoms with E-state index in [2.05, 4.69) is 10.3 Å². The number of rotatable bonds is 7. The normalized spacial score (nSPS) is 10.8. The van der Waals surface area contributed by atoms with E-state index in [9.17, 15) is 9.59 Å². The van der Waals surface area contributed by atoms with Crippen molar-refractivity contribution in [3.8, 4) is 22.8 Å². The van der Waals surface area contributed by atoms with Gasteiger partial charge in [0.25, 0.3) is 5.91 Å². The second-order valence-electron chi connectivity index (χ2n) is 8.36. The number of pyridine rings is 1. The molecule has 8 heteroatoms. The number of carbonyl (C=O) groups excluding carboxylic acids is 2. The molecule has 0 saturated heterocycles. The minimum absolute atomic E-state index is 0.190. The lowest BCUT2D eigenvalue weighted by molar-refractivity contribution is 0.102. The van der Waals surface area contributed by atoms with Crippen molar-refractivity contribution >= 4 is 28.3 Å². The number of anilines is 1. The van der Waals surface area contributed by atoms with Crippen LogP contribution in [0.2, 0.25) is 0 Å². The summed E-state index contributed by atoms with van der Waals surface area (Å²) in [6.45, 7) is 0. The third-order valence-electron chi connectivity index (χ3n) is 6.07. The van der Waals surface area contributed by atoms with E-state index in [1.807, 2.05) is 36.4 Å². The van der Waals surface area contributed by atoms with E-state index in [4.69, 9.17) is 14.5 Å². The molecule has 5 rings (SSSR count). The number of benzene rings is 3. The van der Waals surface area contributed by atoms with Gasteiger partial charge in [0.1, 0.15) is 0 Å². The predicted molar refractivity (Wildman–Crippen MR) is 141 cm³/mol. The van der Waals surface area contributed by atoms with Gasteiger partial charge < -0.3 is 19.4 Å². The first-order valence-corrected chi connectivity index (χ1v) is 11.5. The number of nitrogens with zero attached hydrogens (tertiary/aromatic N) is 3. The fourth-order valence-electron chi connectivity index (χ4n) is 4.12. The SMILES string of the molecule is COc1ccc(-c2cc(C(=O)Nc3ccc(C(=O)c4nccn4C)cc3)c3ccccc3n2)cc1OC. The first-order chi connectivity index (χ1) is 18.0. The monoisotopic (exact) mass is 492 g/mol. The number of ketones is 1. The van der Waals surface area contributed by atoms with Gasteiger partial charge in [0.2, 0.25) is 5.78 Å². The number of fused-ring (bicyclic) bond motifs is 1. The van der Waals surface area contributed by atoms with Crippen molar-refractivity contribution in [2.24, 2.45) is 7.05 Å². The summed E-state index contributed by atoms with van der Waals surface area (Å²) in [5.74, 6) is 1.05. The van der Waals surface area contributed by atoms with Gasteiger partial charge in [-0.2, -0.15) is 0 Å². The summed E-state index contributed by atoms with van der Waals surface area (Å²) >= 11 is 0. The molecular weight excluding hydrogens is 468 g/mol. The van der Waals surface area contributed by atoms with Gasteiger partial charge in [0, 0.05) is 41.6 Å². The van der Waals surface area contributed by atoms with Crippen molar-refractivity contribution in [2.45, 2.75) is 0 Å². The van der Waals surface area contributed by atoms with Gasteiger partial charge in [-0.15, -0.1) is 0 Å². The molecule has 5 aromatic rings. The number of ether oxygens (including phenoxy) is 2. The molecule has 184 valence electrons. The van der Waals surface area contributed by atoms with Crippen LogP contribution in [0.1, 0.15) is 26.5 Å². The van der Waals surface area contributed by atoms with Crippen LogP contribution in [0.5, 0.6) is 11.5 Å². The maximum absolute atomic E-state index is 13.4. The summed E-state index contributed by atoms with van der Waals surface area (Å²) < 4.78 is 12.4. The van der Waals surface area contributed by atoms with E-state index in [0.717, 1.165) is 10.9 Å². The van der Waals surface area contributed by atoms with Gasteiger partial charge in [-0.1, -0.05) is 18.2 Å². The van der Waals surface area contributed by atoms with Crippen LogP contribution in [0.3, 0.4) is 0 Å². The van der Waals surface area contributed by atoms with Crippen LogP contribution in [0.25, 0.3) is 22.2 Å². The molecular formula is C29H24N4O4. The average Bonchev–Trinajstić information content (AvgIpc) is 3.37. The van der Waals surface area contributed by atoms with Gasteiger partial charge in [-0.25, -0.2) is 9.97 Å². The van der Waals surface area contributed by atoms with E-state index in [-0.39, 0.29) is 11.7 Å². The van der Waals surface area contributed by atoms with Crippen LogP contribution < -0.4 is 14.8 Å². The Hall–Kier alpha value is -4.98. The molecule has 3 aromatic carbocycles. The molecule has 0 saturated carbocycles. The fourth-order valence-corrected chi connectivity index (χ4v) is 4.12. The number of para-hydroxylation sites is 1. The highest BCUT2D eigenvalue weighted by Gasteiger charge is 2.17. The van der Waals surface area contributed by atoms with Crippen LogP contribution >= 0.6 is 0 Å². The molecule has 1 amide bonds. The number of hydrogen-bond acceptors (Lipinski definition) is 6. The number of nitrogens with one attached hydrogen (secondary N) is 1. The van der Waals surface area contributed by atoms with Gasteiger partial charge in [0.05, 0.1) is 31.0 Å². The zero-order valence-electron chi connectivity index (χ0n) is 20.6. The predicted octanol–water partition coefficient (Wildman–Crippen LogP) is 5.14. The number of amides is 1. The average molecular weight is 493 g/mol. The molecule has 0 spiro atoms. The third kappa shape index (κ3) is 4.64. The van der Waals surface area contributed by atoms with Crippen LogP contribution in [-0.2, 0) is 7.05 Å². The molecule has 2 heterocycles. The Morgan fingerprint density at radius 3 is 2.35 bits per heavy atom. The van der Waals surface area contributed by atoms with E-state index >= 15 is 0 Å². The van der Waals surface area contributed by atoms with E-state index in [0.29, 0.717) is 45.3 Å². The van der Waals surface area contributed by atoms with Gasteiger partial charge >= 0.3 is 0 Å². The second kappa shape index (κ2) is 9.94. The zero-order valence-corrected chi connectivity index (χ0v) is 20.6. The van der Waals surface area contributed by atoms with Crippen molar-refractivity contribution in [3.05, 3.63) is 102 Å². The topological polar surface area (TPSA) is 95.3 Å². The van der Waals surface area contributed by atoms with Crippen molar-refractivity contribution in [1.29, 1.82) is 0 Å². The smallest absolute Gasteiger partial charge is 0.256 e. The summed E-state index contributed by atoms with van der Waals surface area (Å²) in [7, 11) is 4.92. The first kappa shape index (κ1) is 23.7. The summed E-state index contributed by atoms with van der Waals surface area (Å²) in [6.07, 6.45) is 3.30. The molecule has 0 unspecified atom stereocenters. The van der Waals surface area contributed by atoms with Gasteiger partial charge in [-0.05, 0) is 54.6 Å². The summed E-state index contributed by atoms with van der Waals surface area (Å²) in [6, 6.07) is 21.5. The lowest BCUT2D eigenvalue weighted by Crippen LogP contribution is -2.13. The highest BCUT2D eigenvalue weighted by atomic mass is 16.5. The molecule has 0 atom stereocenters. The van der Waals surface area contributed by atoms with Crippen molar-refractivity contribution in [3.63, 3.8) is 0 Å². The van der Waals surface area contributed by atoms with Crippen molar-refractivity contribution in [1.82, 2.24) is 14.5 Å². The number of aryl methyl sites for hydroxylation is 1. The Balaban J connectivity index is 1.46. The summed E-state index contributed by atoms with van der Waals surface area (Å²) in [5, 5.41) is 3.67. The first-order valence-electron chi connectivity index (χ1n) is 11.5. The highest BCUT2D eigenvalue weighted by Crippen LogP contribution is 2.33. The van der Waals surface area contributed by atoms with Crippen molar-refractivity contribution < 1.29 is 19.1 Å².